The Morgan fingerprint density at radius 3 is 2.60 bits per heavy atom. The molecule has 128 valence electrons. The average Bonchev–Trinajstić information content (AvgIpc) is 3.15. The van der Waals surface area contributed by atoms with Gasteiger partial charge in [0.05, 0.1) is 24.5 Å². The average molecular weight is 337 g/mol. The molecule has 1 aromatic carbocycles. The van der Waals surface area contributed by atoms with Gasteiger partial charge >= 0.3 is 0 Å². The third-order valence-corrected chi connectivity index (χ3v) is 4.52. The fourth-order valence-corrected chi connectivity index (χ4v) is 3.09. The van der Waals surface area contributed by atoms with E-state index < -0.39 is 0 Å². The lowest BCUT2D eigenvalue weighted by atomic mass is 10.2. The maximum Gasteiger partial charge on any atom is 0.255 e. The largest absolute Gasteiger partial charge is 0.497 e. The summed E-state index contributed by atoms with van der Waals surface area (Å²) in [4.78, 5) is 28.2. The van der Waals surface area contributed by atoms with Crippen LogP contribution >= 0.6 is 0 Å². The SMILES string of the molecule is COc1ccc(N2CCN(C(=O)c3cnc4nc[nH]c4c3)CC2)cc1. The number of carbonyl (C=O) groups excluding carboxylic acids is 1. The normalized spacial score (nSPS) is 14.8. The molecule has 0 radical (unpaired) electrons. The molecule has 25 heavy (non-hydrogen) atoms. The Bertz CT molecular complexity index is 882. The van der Waals surface area contributed by atoms with Gasteiger partial charge in [0.2, 0.25) is 0 Å². The fourth-order valence-electron chi connectivity index (χ4n) is 3.09. The molecule has 4 rings (SSSR count). The van der Waals surface area contributed by atoms with E-state index >= 15 is 0 Å². The molecule has 0 unspecified atom stereocenters. The van der Waals surface area contributed by atoms with Crippen LogP contribution in [-0.2, 0) is 0 Å². The van der Waals surface area contributed by atoms with Gasteiger partial charge in [0, 0.05) is 38.1 Å². The molecule has 3 heterocycles. The van der Waals surface area contributed by atoms with Crippen LogP contribution in [0.25, 0.3) is 11.2 Å². The zero-order chi connectivity index (χ0) is 17.2. The van der Waals surface area contributed by atoms with Crippen molar-refractivity contribution in [3.63, 3.8) is 0 Å². The second-order valence-electron chi connectivity index (χ2n) is 5.97. The third-order valence-electron chi connectivity index (χ3n) is 4.52. The number of piperazine rings is 1. The lowest BCUT2D eigenvalue weighted by Crippen LogP contribution is -2.48. The Kier molecular flexibility index (Phi) is 3.97. The van der Waals surface area contributed by atoms with Gasteiger partial charge in [0.1, 0.15) is 5.75 Å². The van der Waals surface area contributed by atoms with E-state index in [2.05, 4.69) is 19.9 Å². The van der Waals surface area contributed by atoms with Crippen LogP contribution in [0, 0.1) is 0 Å². The van der Waals surface area contributed by atoms with E-state index in [0.717, 1.165) is 30.0 Å². The number of ether oxygens (including phenoxy) is 1. The Morgan fingerprint density at radius 2 is 1.88 bits per heavy atom. The van der Waals surface area contributed by atoms with Gasteiger partial charge in [-0.15, -0.1) is 0 Å². The number of nitrogens with zero attached hydrogens (tertiary/aromatic N) is 4. The Morgan fingerprint density at radius 1 is 1.12 bits per heavy atom. The highest BCUT2D eigenvalue weighted by Crippen LogP contribution is 2.21. The minimum atomic E-state index is 0.0124. The number of pyridine rings is 1. The lowest BCUT2D eigenvalue weighted by Gasteiger charge is -2.36. The van der Waals surface area contributed by atoms with Crippen molar-refractivity contribution in [2.24, 2.45) is 0 Å². The number of hydrogen-bond acceptors (Lipinski definition) is 5. The molecule has 7 nitrogen and oxygen atoms in total. The molecular weight excluding hydrogens is 318 g/mol. The molecule has 1 saturated heterocycles. The Hall–Kier alpha value is -3.09. The predicted molar refractivity (Wildman–Crippen MR) is 95.0 cm³/mol. The van der Waals surface area contributed by atoms with Crippen LogP contribution in [0.2, 0.25) is 0 Å². The molecule has 0 saturated carbocycles. The molecule has 0 bridgehead atoms. The van der Waals surface area contributed by atoms with Crippen LogP contribution in [0.3, 0.4) is 0 Å². The summed E-state index contributed by atoms with van der Waals surface area (Å²) in [5.41, 5.74) is 3.15. The number of anilines is 1. The summed E-state index contributed by atoms with van der Waals surface area (Å²) >= 11 is 0. The Balaban J connectivity index is 1.42. The first kappa shape index (κ1) is 15.4. The summed E-state index contributed by atoms with van der Waals surface area (Å²) in [6.07, 6.45) is 3.18. The maximum absolute atomic E-state index is 12.7. The molecule has 1 aliphatic rings. The van der Waals surface area contributed by atoms with Crippen LogP contribution in [0.15, 0.2) is 42.9 Å². The number of methoxy groups -OCH3 is 1. The molecule has 2 aromatic heterocycles. The number of hydrogen-bond donors (Lipinski definition) is 1. The highest BCUT2D eigenvalue weighted by molar-refractivity contribution is 5.96. The molecule has 1 aliphatic heterocycles. The van der Waals surface area contributed by atoms with E-state index in [-0.39, 0.29) is 5.91 Å². The van der Waals surface area contributed by atoms with Crippen LogP contribution in [0.1, 0.15) is 10.4 Å². The number of aromatic nitrogens is 3. The van der Waals surface area contributed by atoms with E-state index in [4.69, 9.17) is 4.74 Å². The zero-order valence-corrected chi connectivity index (χ0v) is 14.0. The number of nitrogens with one attached hydrogen (secondary N) is 1. The van der Waals surface area contributed by atoms with E-state index in [1.165, 1.54) is 0 Å². The van der Waals surface area contributed by atoms with E-state index in [0.29, 0.717) is 24.3 Å². The molecule has 1 fully saturated rings. The first-order valence-corrected chi connectivity index (χ1v) is 8.22. The number of H-pyrrole nitrogens is 1. The third kappa shape index (κ3) is 3.00. The Labute approximate surface area is 145 Å². The summed E-state index contributed by atoms with van der Waals surface area (Å²) in [7, 11) is 1.66. The molecule has 7 heteroatoms. The van der Waals surface area contributed by atoms with Gasteiger partial charge in [-0.25, -0.2) is 9.97 Å². The summed E-state index contributed by atoms with van der Waals surface area (Å²) < 4.78 is 5.19. The second-order valence-corrected chi connectivity index (χ2v) is 5.97. The van der Waals surface area contributed by atoms with Crippen LogP contribution in [-0.4, -0.2) is 59.0 Å². The van der Waals surface area contributed by atoms with Crippen LogP contribution in [0.4, 0.5) is 5.69 Å². The monoisotopic (exact) mass is 337 g/mol. The molecule has 0 spiro atoms. The smallest absolute Gasteiger partial charge is 0.255 e. The van der Waals surface area contributed by atoms with Crippen molar-refractivity contribution in [3.05, 3.63) is 48.4 Å². The number of rotatable bonds is 3. The van der Waals surface area contributed by atoms with Gasteiger partial charge < -0.3 is 19.5 Å². The number of amides is 1. The quantitative estimate of drug-likeness (QED) is 0.790. The van der Waals surface area contributed by atoms with Crippen molar-refractivity contribution in [3.8, 4) is 5.75 Å². The van der Waals surface area contributed by atoms with Gasteiger partial charge in [0.15, 0.2) is 5.65 Å². The summed E-state index contributed by atoms with van der Waals surface area (Å²) in [6.45, 7) is 2.98. The van der Waals surface area contributed by atoms with Crippen LogP contribution < -0.4 is 9.64 Å². The standard InChI is InChI=1S/C18H19N5O2/c1-25-15-4-2-14(3-5-15)22-6-8-23(9-7-22)18(24)13-10-16-17(19-11-13)21-12-20-16/h2-5,10-12H,6-9H2,1H3,(H,19,20,21). The summed E-state index contributed by atoms with van der Waals surface area (Å²) in [6, 6.07) is 9.82. The highest BCUT2D eigenvalue weighted by atomic mass is 16.5. The zero-order valence-electron chi connectivity index (χ0n) is 14.0. The summed E-state index contributed by atoms with van der Waals surface area (Å²) in [5, 5.41) is 0. The minimum absolute atomic E-state index is 0.0124. The molecule has 0 atom stereocenters. The van der Waals surface area contributed by atoms with E-state index in [1.807, 2.05) is 35.2 Å². The van der Waals surface area contributed by atoms with Gasteiger partial charge in [-0.05, 0) is 30.3 Å². The topological polar surface area (TPSA) is 74.3 Å². The second kappa shape index (κ2) is 6.43. The molecule has 1 N–H and O–H groups in total. The minimum Gasteiger partial charge on any atom is -0.497 e. The van der Waals surface area contributed by atoms with Crippen molar-refractivity contribution < 1.29 is 9.53 Å². The maximum atomic E-state index is 12.7. The van der Waals surface area contributed by atoms with Crippen molar-refractivity contribution in [1.82, 2.24) is 19.9 Å². The number of aromatic amines is 1. The molecule has 0 aliphatic carbocycles. The van der Waals surface area contributed by atoms with Crippen molar-refractivity contribution in [1.29, 1.82) is 0 Å². The van der Waals surface area contributed by atoms with Gasteiger partial charge in [-0.3, -0.25) is 4.79 Å². The molecule has 1 amide bonds. The predicted octanol–water partition coefficient (Wildman–Crippen LogP) is 1.93. The number of imidazole rings is 1. The fraction of sp³-hybridized carbons (Fsp3) is 0.278. The first-order chi connectivity index (χ1) is 12.2. The molecular formula is C18H19N5O2. The first-order valence-electron chi connectivity index (χ1n) is 8.22. The molecule has 3 aromatic rings. The van der Waals surface area contributed by atoms with Crippen molar-refractivity contribution in [2.75, 3.05) is 38.2 Å². The van der Waals surface area contributed by atoms with Crippen LogP contribution in [0.5, 0.6) is 5.75 Å². The lowest BCUT2D eigenvalue weighted by molar-refractivity contribution is 0.0746. The number of fused-ring (bicyclic) bond motifs is 1. The van der Waals surface area contributed by atoms with Gasteiger partial charge in [-0.2, -0.15) is 0 Å². The summed E-state index contributed by atoms with van der Waals surface area (Å²) in [5.74, 6) is 0.859. The number of carbonyl (C=O) groups is 1. The highest BCUT2D eigenvalue weighted by Gasteiger charge is 2.23. The van der Waals surface area contributed by atoms with E-state index in [9.17, 15) is 4.79 Å². The van der Waals surface area contributed by atoms with Crippen molar-refractivity contribution >= 4 is 22.8 Å². The van der Waals surface area contributed by atoms with Crippen molar-refractivity contribution in [2.45, 2.75) is 0 Å². The number of benzene rings is 1. The van der Waals surface area contributed by atoms with E-state index in [1.54, 1.807) is 19.6 Å². The van der Waals surface area contributed by atoms with Gasteiger partial charge in [0.25, 0.3) is 5.91 Å². The van der Waals surface area contributed by atoms with Gasteiger partial charge in [-0.1, -0.05) is 0 Å².